The van der Waals surface area contributed by atoms with Crippen molar-refractivity contribution in [2.24, 2.45) is 28.9 Å². The summed E-state index contributed by atoms with van der Waals surface area (Å²) >= 11 is 0. The largest absolute Gasteiger partial charge is 0.324 e. The van der Waals surface area contributed by atoms with Crippen molar-refractivity contribution in [2.45, 2.75) is 70.8 Å². The van der Waals surface area contributed by atoms with Crippen molar-refractivity contribution in [3.63, 3.8) is 0 Å². The molecule has 2 N–H and O–H groups in total. The molecule has 0 heterocycles. The quantitative estimate of drug-likeness (QED) is 0.717. The zero-order valence-corrected chi connectivity index (χ0v) is 11.0. The van der Waals surface area contributed by atoms with Crippen molar-refractivity contribution in [2.75, 3.05) is 0 Å². The fourth-order valence-corrected chi connectivity index (χ4v) is 5.22. The summed E-state index contributed by atoms with van der Waals surface area (Å²) < 4.78 is 0. The van der Waals surface area contributed by atoms with Crippen molar-refractivity contribution in [1.82, 2.24) is 0 Å². The molecule has 92 valence electrons. The minimum Gasteiger partial charge on any atom is -0.324 e. The Labute approximate surface area is 100 Å². The Balaban J connectivity index is 1.83. The van der Waals surface area contributed by atoms with Crippen LogP contribution in [-0.4, -0.2) is 5.54 Å². The van der Waals surface area contributed by atoms with Crippen LogP contribution in [-0.2, 0) is 0 Å². The summed E-state index contributed by atoms with van der Waals surface area (Å²) in [6, 6.07) is 0. The molecule has 0 saturated heterocycles. The standard InChI is InChI=1S/C15H27N/c1-14(2)12-8-9-15(14,16)13(10-12)11-6-4-3-5-7-11/h11-13H,3-10,16H2,1-2H3. The SMILES string of the molecule is CC1(C)C2CCC1(N)C(C1CCCCC1)C2. The van der Waals surface area contributed by atoms with Crippen LogP contribution in [0.25, 0.3) is 0 Å². The van der Waals surface area contributed by atoms with Crippen molar-refractivity contribution < 1.29 is 0 Å². The molecule has 16 heavy (non-hydrogen) atoms. The number of hydrogen-bond donors (Lipinski definition) is 1. The zero-order valence-electron chi connectivity index (χ0n) is 11.0. The maximum absolute atomic E-state index is 6.85. The van der Waals surface area contributed by atoms with Gasteiger partial charge in [-0.25, -0.2) is 0 Å². The number of nitrogens with two attached hydrogens (primary N) is 1. The summed E-state index contributed by atoms with van der Waals surface area (Å²) in [5.74, 6) is 2.73. The smallest absolute Gasteiger partial charge is 0.0240 e. The highest BCUT2D eigenvalue weighted by Gasteiger charge is 2.63. The Kier molecular flexibility index (Phi) is 2.41. The van der Waals surface area contributed by atoms with Gasteiger partial charge in [-0.2, -0.15) is 0 Å². The second-order valence-corrected chi connectivity index (χ2v) is 7.24. The van der Waals surface area contributed by atoms with Crippen LogP contribution in [0.1, 0.15) is 65.2 Å². The topological polar surface area (TPSA) is 26.0 Å². The van der Waals surface area contributed by atoms with E-state index in [2.05, 4.69) is 13.8 Å². The first kappa shape index (κ1) is 11.1. The van der Waals surface area contributed by atoms with Crippen molar-refractivity contribution in [3.8, 4) is 0 Å². The first-order chi connectivity index (χ1) is 7.56. The lowest BCUT2D eigenvalue weighted by Crippen LogP contribution is -2.53. The minimum absolute atomic E-state index is 0.180. The Morgan fingerprint density at radius 2 is 1.69 bits per heavy atom. The molecule has 1 nitrogen and oxygen atoms in total. The first-order valence-corrected chi connectivity index (χ1v) is 7.34. The van der Waals surface area contributed by atoms with E-state index in [9.17, 15) is 0 Å². The fraction of sp³-hybridized carbons (Fsp3) is 1.00. The van der Waals surface area contributed by atoms with Gasteiger partial charge in [0.1, 0.15) is 0 Å². The van der Waals surface area contributed by atoms with Gasteiger partial charge in [0.25, 0.3) is 0 Å². The summed E-state index contributed by atoms with van der Waals surface area (Å²) in [7, 11) is 0. The van der Waals surface area contributed by atoms with Gasteiger partial charge >= 0.3 is 0 Å². The van der Waals surface area contributed by atoms with E-state index in [1.54, 1.807) is 0 Å². The van der Waals surface area contributed by atoms with E-state index in [1.807, 2.05) is 0 Å². The lowest BCUT2D eigenvalue weighted by Gasteiger charge is -2.43. The average molecular weight is 221 g/mol. The highest BCUT2D eigenvalue weighted by Crippen LogP contribution is 2.64. The van der Waals surface area contributed by atoms with E-state index >= 15 is 0 Å². The predicted octanol–water partition coefficient (Wildman–Crippen LogP) is 3.72. The van der Waals surface area contributed by atoms with Crippen LogP contribution >= 0.6 is 0 Å². The third kappa shape index (κ3) is 1.27. The lowest BCUT2D eigenvalue weighted by atomic mass is 9.66. The van der Waals surface area contributed by atoms with E-state index in [1.165, 1.54) is 51.4 Å². The van der Waals surface area contributed by atoms with Gasteiger partial charge in [0.15, 0.2) is 0 Å². The van der Waals surface area contributed by atoms with Crippen molar-refractivity contribution in [1.29, 1.82) is 0 Å². The Hall–Kier alpha value is -0.0400. The highest BCUT2D eigenvalue weighted by molar-refractivity contribution is 5.17. The second-order valence-electron chi connectivity index (χ2n) is 7.24. The number of fused-ring (bicyclic) bond motifs is 2. The third-order valence-electron chi connectivity index (χ3n) is 6.55. The molecule has 3 atom stereocenters. The molecule has 0 aromatic rings. The van der Waals surface area contributed by atoms with Crippen LogP contribution in [0.3, 0.4) is 0 Å². The fourth-order valence-electron chi connectivity index (χ4n) is 5.22. The molecule has 0 radical (unpaired) electrons. The maximum Gasteiger partial charge on any atom is 0.0240 e. The minimum atomic E-state index is 0.180. The van der Waals surface area contributed by atoms with E-state index in [4.69, 9.17) is 5.73 Å². The normalized spacial score (nSPS) is 47.4. The van der Waals surface area contributed by atoms with Crippen LogP contribution in [0.5, 0.6) is 0 Å². The van der Waals surface area contributed by atoms with Crippen molar-refractivity contribution >= 4 is 0 Å². The van der Waals surface area contributed by atoms with Gasteiger partial charge < -0.3 is 5.73 Å². The lowest BCUT2D eigenvalue weighted by molar-refractivity contribution is 0.117. The van der Waals surface area contributed by atoms with Gasteiger partial charge in [-0.05, 0) is 42.4 Å². The Morgan fingerprint density at radius 3 is 2.19 bits per heavy atom. The van der Waals surface area contributed by atoms with Crippen LogP contribution in [0.2, 0.25) is 0 Å². The van der Waals surface area contributed by atoms with Gasteiger partial charge in [-0.15, -0.1) is 0 Å². The summed E-state index contributed by atoms with van der Waals surface area (Å²) in [6.45, 7) is 4.88. The van der Waals surface area contributed by atoms with Crippen LogP contribution in [0, 0.1) is 23.2 Å². The predicted molar refractivity (Wildman–Crippen MR) is 68.1 cm³/mol. The molecule has 0 spiro atoms. The monoisotopic (exact) mass is 221 g/mol. The van der Waals surface area contributed by atoms with Gasteiger partial charge in [0, 0.05) is 5.54 Å². The summed E-state index contributed by atoms with van der Waals surface area (Å²) in [6.07, 6.45) is 11.4. The summed E-state index contributed by atoms with van der Waals surface area (Å²) in [5, 5.41) is 0. The molecule has 3 rings (SSSR count). The van der Waals surface area contributed by atoms with Crippen LogP contribution in [0.15, 0.2) is 0 Å². The van der Waals surface area contributed by atoms with Gasteiger partial charge in [0.05, 0.1) is 0 Å². The number of rotatable bonds is 1. The molecular formula is C15H27N. The molecule has 2 bridgehead atoms. The average Bonchev–Trinajstić information content (AvgIpc) is 2.62. The van der Waals surface area contributed by atoms with Gasteiger partial charge in [-0.1, -0.05) is 46.0 Å². The Morgan fingerprint density at radius 1 is 1.00 bits per heavy atom. The van der Waals surface area contributed by atoms with E-state index in [0.717, 1.165) is 17.8 Å². The first-order valence-electron chi connectivity index (χ1n) is 7.34. The van der Waals surface area contributed by atoms with E-state index in [0.29, 0.717) is 5.41 Å². The molecule has 3 aliphatic rings. The molecule has 0 aromatic carbocycles. The van der Waals surface area contributed by atoms with E-state index < -0.39 is 0 Å². The Bertz CT molecular complexity index is 277. The molecule has 0 aromatic heterocycles. The molecule has 0 aliphatic heterocycles. The van der Waals surface area contributed by atoms with E-state index in [-0.39, 0.29) is 5.54 Å². The molecule has 1 heteroatoms. The van der Waals surface area contributed by atoms with Gasteiger partial charge in [0.2, 0.25) is 0 Å². The summed E-state index contributed by atoms with van der Waals surface area (Å²) in [4.78, 5) is 0. The number of hydrogen-bond acceptors (Lipinski definition) is 1. The van der Waals surface area contributed by atoms with Crippen LogP contribution in [0.4, 0.5) is 0 Å². The molecule has 3 saturated carbocycles. The van der Waals surface area contributed by atoms with Crippen LogP contribution < -0.4 is 5.73 Å². The molecule has 3 aliphatic carbocycles. The zero-order chi connectivity index (χ0) is 11.4. The maximum atomic E-state index is 6.85. The second kappa shape index (κ2) is 3.48. The highest BCUT2D eigenvalue weighted by atomic mass is 14.9. The van der Waals surface area contributed by atoms with Gasteiger partial charge in [-0.3, -0.25) is 0 Å². The third-order valence-corrected chi connectivity index (χ3v) is 6.55. The molecular weight excluding hydrogens is 194 g/mol. The molecule has 3 unspecified atom stereocenters. The molecule has 0 amide bonds. The van der Waals surface area contributed by atoms with Crippen molar-refractivity contribution in [3.05, 3.63) is 0 Å². The molecule has 3 fully saturated rings. The summed E-state index contributed by atoms with van der Waals surface area (Å²) in [5.41, 5.74) is 7.44.